The maximum Gasteiger partial charge on any atom is 0.159 e. The number of nitrogens with zero attached hydrogens (tertiary/aromatic N) is 2. The maximum atomic E-state index is 4.70. The summed E-state index contributed by atoms with van der Waals surface area (Å²) in [4.78, 5) is 9.13. The van der Waals surface area contributed by atoms with Crippen LogP contribution in [0.25, 0.3) is 33.8 Å². The molecule has 0 atom stereocenters. The molecular formula is C22H16N2. The van der Waals surface area contributed by atoms with Gasteiger partial charge >= 0.3 is 0 Å². The first kappa shape index (κ1) is 14.3. The largest absolute Gasteiger partial charge is 0.237 e. The van der Waals surface area contributed by atoms with Crippen molar-refractivity contribution < 1.29 is 0 Å². The van der Waals surface area contributed by atoms with Gasteiger partial charge in [0.05, 0.1) is 5.69 Å². The van der Waals surface area contributed by atoms with Gasteiger partial charge in [-0.25, -0.2) is 9.97 Å². The smallest absolute Gasteiger partial charge is 0.159 e. The van der Waals surface area contributed by atoms with E-state index in [0.29, 0.717) is 0 Å². The van der Waals surface area contributed by atoms with Crippen LogP contribution in [0.1, 0.15) is 0 Å². The Morgan fingerprint density at radius 2 is 1.00 bits per heavy atom. The van der Waals surface area contributed by atoms with Crippen LogP contribution in [0, 0.1) is 0 Å². The first-order valence-electron chi connectivity index (χ1n) is 7.94. The number of aromatic nitrogens is 2. The van der Waals surface area contributed by atoms with E-state index in [1.165, 1.54) is 11.1 Å². The fraction of sp³-hybridized carbons (Fsp3) is 0. The zero-order valence-electron chi connectivity index (χ0n) is 13.1. The van der Waals surface area contributed by atoms with Crippen LogP contribution in [-0.4, -0.2) is 9.97 Å². The van der Waals surface area contributed by atoms with Crippen molar-refractivity contribution in [2.45, 2.75) is 0 Å². The Balaban J connectivity index is 1.67. The molecule has 24 heavy (non-hydrogen) atoms. The van der Waals surface area contributed by atoms with Crippen molar-refractivity contribution in [3.05, 3.63) is 97.2 Å². The zero-order chi connectivity index (χ0) is 16.2. The number of hydrogen-bond donors (Lipinski definition) is 0. The van der Waals surface area contributed by atoms with Gasteiger partial charge in [-0.1, -0.05) is 84.9 Å². The molecule has 0 fully saturated rings. The highest BCUT2D eigenvalue weighted by Gasteiger charge is 2.05. The summed E-state index contributed by atoms with van der Waals surface area (Å²) in [5.74, 6) is 0.746. The third kappa shape index (κ3) is 2.95. The molecule has 0 bridgehead atoms. The second-order valence-corrected chi connectivity index (χ2v) is 5.57. The second-order valence-electron chi connectivity index (χ2n) is 5.57. The molecule has 2 nitrogen and oxygen atoms in total. The van der Waals surface area contributed by atoms with E-state index in [0.717, 1.165) is 22.6 Å². The van der Waals surface area contributed by atoms with Gasteiger partial charge in [0.2, 0.25) is 0 Å². The quantitative estimate of drug-likeness (QED) is 0.501. The Kier molecular flexibility index (Phi) is 3.86. The molecule has 3 aromatic carbocycles. The minimum Gasteiger partial charge on any atom is -0.237 e. The van der Waals surface area contributed by atoms with E-state index in [9.17, 15) is 0 Å². The maximum absolute atomic E-state index is 4.70. The molecule has 4 aromatic rings. The molecule has 0 radical (unpaired) electrons. The lowest BCUT2D eigenvalue weighted by Crippen LogP contribution is -1.91. The average molecular weight is 308 g/mol. The van der Waals surface area contributed by atoms with Crippen molar-refractivity contribution in [1.29, 1.82) is 0 Å². The molecule has 0 aliphatic carbocycles. The molecule has 0 unspecified atom stereocenters. The molecule has 0 amide bonds. The first-order chi connectivity index (χ1) is 11.9. The molecule has 0 N–H and O–H groups in total. The van der Waals surface area contributed by atoms with E-state index >= 15 is 0 Å². The van der Waals surface area contributed by atoms with Gasteiger partial charge in [0.15, 0.2) is 5.82 Å². The zero-order valence-corrected chi connectivity index (χ0v) is 13.1. The third-order valence-electron chi connectivity index (χ3n) is 3.98. The van der Waals surface area contributed by atoms with Gasteiger partial charge in [-0.15, -0.1) is 0 Å². The molecule has 114 valence electrons. The Bertz CT molecular complexity index is 930. The highest BCUT2D eigenvalue weighted by Crippen LogP contribution is 2.24. The minimum atomic E-state index is 0.746. The second kappa shape index (κ2) is 6.47. The summed E-state index contributed by atoms with van der Waals surface area (Å²) < 4.78 is 0. The van der Waals surface area contributed by atoms with Crippen LogP contribution < -0.4 is 0 Å². The average Bonchev–Trinajstić information content (AvgIpc) is 2.70. The van der Waals surface area contributed by atoms with E-state index in [2.05, 4.69) is 65.6 Å². The van der Waals surface area contributed by atoms with Gasteiger partial charge in [-0.05, 0) is 17.2 Å². The van der Waals surface area contributed by atoms with Crippen LogP contribution >= 0.6 is 0 Å². The summed E-state index contributed by atoms with van der Waals surface area (Å²) in [7, 11) is 0. The van der Waals surface area contributed by atoms with E-state index in [1.807, 2.05) is 36.5 Å². The highest BCUT2D eigenvalue weighted by atomic mass is 14.9. The van der Waals surface area contributed by atoms with Gasteiger partial charge in [-0.2, -0.15) is 0 Å². The lowest BCUT2D eigenvalue weighted by atomic mass is 10.0. The number of rotatable bonds is 3. The molecule has 0 saturated carbocycles. The Morgan fingerprint density at radius 3 is 1.67 bits per heavy atom. The predicted octanol–water partition coefficient (Wildman–Crippen LogP) is 5.48. The number of hydrogen-bond acceptors (Lipinski definition) is 2. The molecule has 4 rings (SSSR count). The summed E-state index contributed by atoms with van der Waals surface area (Å²) in [5.41, 5.74) is 5.46. The molecule has 1 aromatic heterocycles. The summed E-state index contributed by atoms with van der Waals surface area (Å²) >= 11 is 0. The summed E-state index contributed by atoms with van der Waals surface area (Å²) in [5, 5.41) is 0. The van der Waals surface area contributed by atoms with E-state index in [4.69, 9.17) is 4.98 Å². The van der Waals surface area contributed by atoms with Gasteiger partial charge < -0.3 is 0 Å². The monoisotopic (exact) mass is 308 g/mol. The third-order valence-corrected chi connectivity index (χ3v) is 3.98. The summed E-state index contributed by atoms with van der Waals surface area (Å²) in [6.45, 7) is 0. The Labute approximate surface area is 141 Å². The Hall–Kier alpha value is -3.26. The van der Waals surface area contributed by atoms with Crippen molar-refractivity contribution in [1.82, 2.24) is 9.97 Å². The van der Waals surface area contributed by atoms with Crippen LogP contribution in [0.5, 0.6) is 0 Å². The topological polar surface area (TPSA) is 25.8 Å². The normalized spacial score (nSPS) is 10.5. The summed E-state index contributed by atoms with van der Waals surface area (Å²) in [6, 6.07) is 30.8. The van der Waals surface area contributed by atoms with E-state index in [-0.39, 0.29) is 0 Å². The molecule has 0 spiro atoms. The molecular weight excluding hydrogens is 292 g/mol. The standard InChI is InChI=1S/C22H16N2/c1-3-7-17(8-4-1)18-11-13-20(14-12-18)22-23-16-15-21(24-22)19-9-5-2-6-10-19/h1-16H. The molecule has 0 saturated heterocycles. The van der Waals surface area contributed by atoms with E-state index in [1.54, 1.807) is 0 Å². The lowest BCUT2D eigenvalue weighted by Gasteiger charge is -2.06. The van der Waals surface area contributed by atoms with Crippen molar-refractivity contribution in [3.63, 3.8) is 0 Å². The van der Waals surface area contributed by atoms with Crippen LogP contribution in [-0.2, 0) is 0 Å². The van der Waals surface area contributed by atoms with Gasteiger partial charge in [0, 0.05) is 17.3 Å². The molecule has 2 heteroatoms. The van der Waals surface area contributed by atoms with Crippen LogP contribution in [0.2, 0.25) is 0 Å². The fourth-order valence-electron chi connectivity index (χ4n) is 2.71. The van der Waals surface area contributed by atoms with Crippen molar-refractivity contribution in [2.75, 3.05) is 0 Å². The van der Waals surface area contributed by atoms with Crippen LogP contribution in [0.15, 0.2) is 97.2 Å². The predicted molar refractivity (Wildman–Crippen MR) is 98.3 cm³/mol. The number of benzene rings is 3. The minimum absolute atomic E-state index is 0.746. The van der Waals surface area contributed by atoms with Gasteiger partial charge in [-0.3, -0.25) is 0 Å². The van der Waals surface area contributed by atoms with Crippen LogP contribution in [0.4, 0.5) is 0 Å². The summed E-state index contributed by atoms with van der Waals surface area (Å²) in [6.07, 6.45) is 1.82. The fourth-order valence-corrected chi connectivity index (χ4v) is 2.71. The van der Waals surface area contributed by atoms with Crippen molar-refractivity contribution in [3.8, 4) is 33.8 Å². The van der Waals surface area contributed by atoms with Crippen LogP contribution in [0.3, 0.4) is 0 Å². The van der Waals surface area contributed by atoms with E-state index < -0.39 is 0 Å². The highest BCUT2D eigenvalue weighted by molar-refractivity contribution is 5.68. The van der Waals surface area contributed by atoms with Gasteiger partial charge in [0.25, 0.3) is 0 Å². The molecule has 0 aliphatic heterocycles. The first-order valence-corrected chi connectivity index (χ1v) is 7.94. The molecule has 0 aliphatic rings. The van der Waals surface area contributed by atoms with Crippen molar-refractivity contribution >= 4 is 0 Å². The van der Waals surface area contributed by atoms with Crippen molar-refractivity contribution in [2.24, 2.45) is 0 Å². The SMILES string of the molecule is c1ccc(-c2ccc(-c3nccc(-c4ccccc4)n3)cc2)cc1. The lowest BCUT2D eigenvalue weighted by molar-refractivity contribution is 1.18. The molecule has 1 heterocycles. The van der Waals surface area contributed by atoms with Gasteiger partial charge in [0.1, 0.15) is 0 Å². The Morgan fingerprint density at radius 1 is 0.458 bits per heavy atom.